The number of hydrogen-bond acceptors (Lipinski definition) is 2. The van der Waals surface area contributed by atoms with Crippen LogP contribution in [0.3, 0.4) is 0 Å². The van der Waals surface area contributed by atoms with Gasteiger partial charge >= 0.3 is 5.97 Å². The van der Waals surface area contributed by atoms with Gasteiger partial charge in [0.25, 0.3) is 0 Å². The summed E-state index contributed by atoms with van der Waals surface area (Å²) in [6.45, 7) is 7.60. The third-order valence-electron chi connectivity index (χ3n) is 2.50. The van der Waals surface area contributed by atoms with Crippen LogP contribution in [0.5, 0.6) is 0 Å². The van der Waals surface area contributed by atoms with Gasteiger partial charge in [-0.25, -0.2) is 13.7 Å². The Balaban J connectivity index is 2.76. The van der Waals surface area contributed by atoms with E-state index in [0.717, 1.165) is 5.56 Å². The molecule has 0 heterocycles. The Morgan fingerprint density at radius 3 is 2.17 bits per heavy atom. The highest BCUT2D eigenvalue weighted by Crippen LogP contribution is 2.17. The molecule has 0 fully saturated rings. The number of benzene rings is 1. The van der Waals surface area contributed by atoms with Gasteiger partial charge in [0.2, 0.25) is 0 Å². The average molecular weight is 269 g/mol. The highest BCUT2D eigenvalue weighted by molar-refractivity contribution is 7.84. The number of hydrogen-bond donors (Lipinski definition) is 2. The molecule has 2 atom stereocenters. The molecule has 0 aliphatic heterocycles. The minimum Gasteiger partial charge on any atom is -0.478 e. The van der Waals surface area contributed by atoms with Crippen LogP contribution >= 0.6 is 0 Å². The van der Waals surface area contributed by atoms with Crippen molar-refractivity contribution in [3.05, 3.63) is 35.4 Å². The fourth-order valence-electron chi connectivity index (χ4n) is 1.32. The number of carbonyl (C=O) groups is 1. The largest absolute Gasteiger partial charge is 0.478 e. The molecule has 100 valence electrons. The second-order valence-corrected chi connectivity index (χ2v) is 7.15. The van der Waals surface area contributed by atoms with Crippen molar-refractivity contribution in [2.75, 3.05) is 0 Å². The monoisotopic (exact) mass is 269 g/mol. The van der Waals surface area contributed by atoms with Crippen molar-refractivity contribution in [1.82, 2.24) is 4.72 Å². The molecule has 0 bridgehead atoms. The Morgan fingerprint density at radius 1 is 1.28 bits per heavy atom. The van der Waals surface area contributed by atoms with E-state index >= 15 is 0 Å². The Morgan fingerprint density at radius 2 is 1.78 bits per heavy atom. The first-order chi connectivity index (χ1) is 8.21. The SMILES string of the molecule is C[C@@H](N[S@@](=O)C(C)(C)C)c1ccc(C(=O)O)cc1. The van der Waals surface area contributed by atoms with E-state index in [1.807, 2.05) is 27.7 Å². The van der Waals surface area contributed by atoms with Crippen molar-refractivity contribution in [2.24, 2.45) is 0 Å². The molecule has 4 nitrogen and oxygen atoms in total. The predicted molar refractivity (Wildman–Crippen MR) is 72.8 cm³/mol. The van der Waals surface area contributed by atoms with E-state index < -0.39 is 17.0 Å². The molecular formula is C13H19NO3S. The van der Waals surface area contributed by atoms with Crippen LogP contribution in [-0.2, 0) is 11.0 Å². The third kappa shape index (κ3) is 3.92. The lowest BCUT2D eigenvalue weighted by atomic mass is 10.1. The zero-order valence-electron chi connectivity index (χ0n) is 11.1. The van der Waals surface area contributed by atoms with E-state index in [2.05, 4.69) is 4.72 Å². The minimum atomic E-state index is -1.15. The molecule has 18 heavy (non-hydrogen) atoms. The summed E-state index contributed by atoms with van der Waals surface area (Å²) in [5, 5.41) is 8.80. The van der Waals surface area contributed by atoms with Gasteiger partial charge in [0.15, 0.2) is 0 Å². The molecule has 5 heteroatoms. The molecule has 0 radical (unpaired) electrons. The summed E-state index contributed by atoms with van der Waals surface area (Å²) in [6.07, 6.45) is 0. The number of aromatic carboxylic acids is 1. The van der Waals surface area contributed by atoms with Crippen LogP contribution in [0.4, 0.5) is 0 Å². The molecule has 0 unspecified atom stereocenters. The average Bonchev–Trinajstić information content (AvgIpc) is 2.27. The molecule has 0 saturated carbocycles. The van der Waals surface area contributed by atoms with Crippen molar-refractivity contribution >= 4 is 17.0 Å². The minimum absolute atomic E-state index is 0.0899. The summed E-state index contributed by atoms with van der Waals surface area (Å²) in [5.41, 5.74) is 1.17. The van der Waals surface area contributed by atoms with Gasteiger partial charge in [-0.05, 0) is 45.4 Å². The van der Waals surface area contributed by atoms with Crippen molar-refractivity contribution in [2.45, 2.75) is 38.5 Å². The van der Waals surface area contributed by atoms with Crippen LogP contribution in [0.15, 0.2) is 24.3 Å². The molecular weight excluding hydrogens is 250 g/mol. The van der Waals surface area contributed by atoms with Crippen LogP contribution in [0.1, 0.15) is 49.7 Å². The van der Waals surface area contributed by atoms with Crippen LogP contribution in [-0.4, -0.2) is 20.0 Å². The molecule has 2 N–H and O–H groups in total. The Hall–Kier alpha value is -1.20. The molecule has 0 aromatic heterocycles. The van der Waals surface area contributed by atoms with E-state index in [1.165, 1.54) is 0 Å². The maximum Gasteiger partial charge on any atom is 0.335 e. The summed E-state index contributed by atoms with van der Waals surface area (Å²) in [4.78, 5) is 10.7. The Labute approximate surface area is 110 Å². The van der Waals surface area contributed by atoms with E-state index in [-0.39, 0.29) is 16.4 Å². The maximum atomic E-state index is 11.9. The zero-order valence-corrected chi connectivity index (χ0v) is 11.9. The number of carboxylic acid groups (broad SMARTS) is 1. The Bertz CT molecular complexity index is 448. The van der Waals surface area contributed by atoms with E-state index in [9.17, 15) is 9.00 Å². The molecule has 1 aromatic carbocycles. The molecule has 0 amide bonds. The van der Waals surface area contributed by atoms with Gasteiger partial charge in [-0.3, -0.25) is 0 Å². The first-order valence-corrected chi connectivity index (χ1v) is 6.88. The van der Waals surface area contributed by atoms with Gasteiger partial charge in [-0.1, -0.05) is 12.1 Å². The number of nitrogens with one attached hydrogen (secondary N) is 1. The van der Waals surface area contributed by atoms with Crippen molar-refractivity contribution in [3.63, 3.8) is 0 Å². The molecule has 0 saturated heterocycles. The second kappa shape index (κ2) is 5.63. The van der Waals surface area contributed by atoms with Crippen LogP contribution in [0, 0.1) is 0 Å². The zero-order chi connectivity index (χ0) is 13.9. The highest BCUT2D eigenvalue weighted by Gasteiger charge is 2.21. The number of carboxylic acids is 1. The van der Waals surface area contributed by atoms with Crippen molar-refractivity contribution in [1.29, 1.82) is 0 Å². The first-order valence-electron chi connectivity index (χ1n) is 5.73. The van der Waals surface area contributed by atoms with E-state index in [4.69, 9.17) is 5.11 Å². The van der Waals surface area contributed by atoms with Crippen LogP contribution in [0.25, 0.3) is 0 Å². The van der Waals surface area contributed by atoms with Crippen LogP contribution < -0.4 is 4.72 Å². The quantitative estimate of drug-likeness (QED) is 0.882. The molecule has 0 spiro atoms. The molecule has 1 aromatic rings. The lowest BCUT2D eigenvalue weighted by Gasteiger charge is -2.22. The summed E-state index contributed by atoms with van der Waals surface area (Å²) >= 11 is 0. The standard InChI is InChI=1S/C13H19NO3S/c1-9(14-18(17)13(2,3)4)10-5-7-11(8-6-10)12(15)16/h5-9,14H,1-4H3,(H,15,16)/t9-,18+/m1/s1. The van der Waals surface area contributed by atoms with Gasteiger partial charge in [0.1, 0.15) is 0 Å². The topological polar surface area (TPSA) is 66.4 Å². The molecule has 0 aliphatic carbocycles. The maximum absolute atomic E-state index is 11.9. The fourth-order valence-corrected chi connectivity index (χ4v) is 2.13. The second-order valence-electron chi connectivity index (χ2n) is 5.15. The number of rotatable bonds is 4. The van der Waals surface area contributed by atoms with Gasteiger partial charge < -0.3 is 5.11 Å². The highest BCUT2D eigenvalue weighted by atomic mass is 32.2. The lowest BCUT2D eigenvalue weighted by Crippen LogP contribution is -2.34. The lowest BCUT2D eigenvalue weighted by molar-refractivity contribution is 0.0697. The molecule has 1 rings (SSSR count). The third-order valence-corrected chi connectivity index (χ3v) is 4.18. The van der Waals surface area contributed by atoms with Gasteiger partial charge in [0, 0.05) is 6.04 Å². The van der Waals surface area contributed by atoms with Crippen LogP contribution in [0.2, 0.25) is 0 Å². The van der Waals surface area contributed by atoms with Crippen molar-refractivity contribution in [3.8, 4) is 0 Å². The van der Waals surface area contributed by atoms with Gasteiger partial charge in [-0.15, -0.1) is 0 Å². The van der Waals surface area contributed by atoms with Gasteiger partial charge in [0.05, 0.1) is 21.3 Å². The van der Waals surface area contributed by atoms with E-state index in [1.54, 1.807) is 24.3 Å². The fraction of sp³-hybridized carbons (Fsp3) is 0.462. The Kier molecular flexibility index (Phi) is 4.65. The summed E-state index contributed by atoms with van der Waals surface area (Å²) < 4.78 is 14.6. The predicted octanol–water partition coefficient (Wildman–Crippen LogP) is 2.50. The van der Waals surface area contributed by atoms with Crippen molar-refractivity contribution < 1.29 is 14.1 Å². The summed E-state index contributed by atoms with van der Waals surface area (Å²) in [5.74, 6) is -0.944. The smallest absolute Gasteiger partial charge is 0.335 e. The summed E-state index contributed by atoms with van der Waals surface area (Å²) in [6, 6.07) is 6.49. The first kappa shape index (κ1) is 14.9. The van der Waals surface area contributed by atoms with Gasteiger partial charge in [-0.2, -0.15) is 0 Å². The normalized spacial score (nSPS) is 15.1. The molecule has 0 aliphatic rings. The summed E-state index contributed by atoms with van der Waals surface area (Å²) in [7, 11) is -1.15. The van der Waals surface area contributed by atoms with E-state index in [0.29, 0.717) is 0 Å².